The van der Waals surface area contributed by atoms with E-state index in [1.165, 1.54) is 4.88 Å². The molecule has 2 aliphatic rings. The molecule has 3 heterocycles. The quantitative estimate of drug-likeness (QED) is 0.917. The molecule has 0 bridgehead atoms. The van der Waals surface area contributed by atoms with E-state index in [-0.39, 0.29) is 12.7 Å². The van der Waals surface area contributed by atoms with Gasteiger partial charge in [0.1, 0.15) is 0 Å². The largest absolute Gasteiger partial charge is 0.481 e. The lowest BCUT2D eigenvalue weighted by Crippen LogP contribution is -2.23. The molecule has 4 rings (SSSR count). The van der Waals surface area contributed by atoms with Crippen molar-refractivity contribution >= 4 is 17.3 Å². The fraction of sp³-hybridized carbons (Fsp3) is 0.412. The van der Waals surface area contributed by atoms with Crippen LogP contribution >= 0.6 is 11.3 Å². The summed E-state index contributed by atoms with van der Waals surface area (Å²) in [7, 11) is 0. The van der Waals surface area contributed by atoms with E-state index in [2.05, 4.69) is 9.88 Å². The van der Waals surface area contributed by atoms with E-state index in [9.17, 15) is 9.90 Å². The molecule has 0 unspecified atom stereocenters. The van der Waals surface area contributed by atoms with Gasteiger partial charge in [-0.25, -0.2) is 4.98 Å². The summed E-state index contributed by atoms with van der Waals surface area (Å²) < 4.78 is 10.8. The van der Waals surface area contributed by atoms with Crippen LogP contribution < -0.4 is 9.47 Å². The van der Waals surface area contributed by atoms with Crippen molar-refractivity contribution in [2.24, 2.45) is 5.92 Å². The van der Waals surface area contributed by atoms with Gasteiger partial charge in [-0.2, -0.15) is 0 Å². The molecule has 2 aliphatic heterocycles. The number of hydrogen-bond acceptors (Lipinski definition) is 6. The molecule has 2 aromatic rings. The molecule has 0 saturated carbocycles. The van der Waals surface area contributed by atoms with Crippen molar-refractivity contribution < 1.29 is 19.4 Å². The van der Waals surface area contributed by atoms with E-state index in [0.29, 0.717) is 18.8 Å². The molecule has 1 N–H and O–H groups in total. The standard InChI is InChI=1S/C17H18N2O4S/c1-10-16(24-8-18-10)7-19-5-12(13(6-19)17(20)21)11-2-3-14-15(4-11)23-9-22-14/h2-4,8,12-13H,5-7,9H2,1H3,(H,20,21)/t12-,13+/m0/s1. The Labute approximate surface area is 143 Å². The number of aromatic nitrogens is 1. The molecule has 126 valence electrons. The molecule has 0 spiro atoms. The van der Waals surface area contributed by atoms with Crippen LogP contribution in [0.25, 0.3) is 0 Å². The van der Waals surface area contributed by atoms with Crippen molar-refractivity contribution in [3.8, 4) is 11.5 Å². The Hall–Kier alpha value is -2.12. The first-order chi connectivity index (χ1) is 11.6. The molecule has 0 radical (unpaired) electrons. The summed E-state index contributed by atoms with van der Waals surface area (Å²) in [6, 6.07) is 5.74. The third-order valence-corrected chi connectivity index (χ3v) is 5.67. The van der Waals surface area contributed by atoms with E-state index in [1.807, 2.05) is 30.6 Å². The lowest BCUT2D eigenvalue weighted by molar-refractivity contribution is -0.141. The Kier molecular flexibility index (Phi) is 3.90. The number of fused-ring (bicyclic) bond motifs is 1. The fourth-order valence-electron chi connectivity index (χ4n) is 3.43. The van der Waals surface area contributed by atoms with Gasteiger partial charge < -0.3 is 14.6 Å². The number of likely N-dealkylation sites (tertiary alicyclic amines) is 1. The maximum Gasteiger partial charge on any atom is 0.308 e. The molecular weight excluding hydrogens is 328 g/mol. The lowest BCUT2D eigenvalue weighted by Gasteiger charge is -2.16. The van der Waals surface area contributed by atoms with E-state index in [1.54, 1.807) is 11.3 Å². The number of rotatable bonds is 4. The van der Waals surface area contributed by atoms with Crippen LogP contribution in [-0.4, -0.2) is 40.8 Å². The van der Waals surface area contributed by atoms with Crippen molar-refractivity contribution in [3.05, 3.63) is 39.8 Å². The molecule has 0 aliphatic carbocycles. The smallest absolute Gasteiger partial charge is 0.308 e. The number of carboxylic acid groups (broad SMARTS) is 1. The Bertz CT molecular complexity index is 776. The highest BCUT2D eigenvalue weighted by Gasteiger charge is 2.39. The van der Waals surface area contributed by atoms with Crippen LogP contribution in [0.3, 0.4) is 0 Å². The van der Waals surface area contributed by atoms with Crippen molar-refractivity contribution in [2.45, 2.75) is 19.4 Å². The first-order valence-electron chi connectivity index (χ1n) is 7.85. The molecule has 1 aromatic heterocycles. The van der Waals surface area contributed by atoms with Crippen LogP contribution in [0, 0.1) is 12.8 Å². The topological polar surface area (TPSA) is 71.9 Å². The van der Waals surface area contributed by atoms with Gasteiger partial charge in [-0.3, -0.25) is 9.69 Å². The predicted octanol–water partition coefficient (Wildman–Crippen LogP) is 2.48. The SMILES string of the molecule is Cc1ncsc1CN1C[C@@H](C(=O)O)[C@H](c2ccc3c(c2)OCO3)C1. The van der Waals surface area contributed by atoms with E-state index in [0.717, 1.165) is 23.6 Å². The Balaban J connectivity index is 1.57. The molecule has 1 fully saturated rings. The van der Waals surface area contributed by atoms with Crippen molar-refractivity contribution in [3.63, 3.8) is 0 Å². The number of hydrogen-bond donors (Lipinski definition) is 1. The minimum absolute atomic E-state index is 0.0507. The molecule has 24 heavy (non-hydrogen) atoms. The maximum absolute atomic E-state index is 11.7. The number of aliphatic carboxylic acids is 1. The number of thiazole rings is 1. The summed E-state index contributed by atoms with van der Waals surface area (Å²) in [5.74, 6) is 0.208. The Morgan fingerprint density at radius 2 is 2.21 bits per heavy atom. The molecular formula is C17H18N2O4S. The van der Waals surface area contributed by atoms with Gasteiger partial charge in [-0.05, 0) is 24.6 Å². The van der Waals surface area contributed by atoms with Crippen molar-refractivity contribution in [1.82, 2.24) is 9.88 Å². The van der Waals surface area contributed by atoms with Crippen molar-refractivity contribution in [1.29, 1.82) is 0 Å². The third-order valence-electron chi connectivity index (χ3n) is 4.75. The monoisotopic (exact) mass is 346 g/mol. The zero-order valence-electron chi connectivity index (χ0n) is 13.3. The molecule has 1 saturated heterocycles. The fourth-order valence-corrected chi connectivity index (χ4v) is 4.25. The summed E-state index contributed by atoms with van der Waals surface area (Å²) in [6.45, 7) is 4.23. The number of aryl methyl sites for hydroxylation is 1. The first-order valence-corrected chi connectivity index (χ1v) is 8.73. The minimum Gasteiger partial charge on any atom is -0.481 e. The molecule has 7 heteroatoms. The predicted molar refractivity (Wildman–Crippen MR) is 88.6 cm³/mol. The van der Waals surface area contributed by atoms with Crippen LogP contribution in [0.5, 0.6) is 11.5 Å². The van der Waals surface area contributed by atoms with Gasteiger partial charge in [0.05, 0.1) is 17.1 Å². The third kappa shape index (κ3) is 2.74. The summed E-state index contributed by atoms with van der Waals surface area (Å²) in [5.41, 5.74) is 3.86. The second kappa shape index (κ2) is 6.07. The van der Waals surface area contributed by atoms with Crippen LogP contribution in [0.2, 0.25) is 0 Å². The number of carboxylic acids is 1. The van der Waals surface area contributed by atoms with Gasteiger partial charge in [0.25, 0.3) is 0 Å². The van der Waals surface area contributed by atoms with E-state index < -0.39 is 11.9 Å². The second-order valence-corrected chi connectivity index (χ2v) is 7.16. The lowest BCUT2D eigenvalue weighted by atomic mass is 9.89. The first kappa shape index (κ1) is 15.4. The Morgan fingerprint density at radius 3 is 2.96 bits per heavy atom. The van der Waals surface area contributed by atoms with Crippen LogP contribution in [-0.2, 0) is 11.3 Å². The van der Waals surface area contributed by atoms with E-state index in [4.69, 9.17) is 9.47 Å². The van der Waals surface area contributed by atoms with Crippen LogP contribution in [0.1, 0.15) is 22.1 Å². The molecule has 2 atom stereocenters. The minimum atomic E-state index is -0.749. The summed E-state index contributed by atoms with van der Waals surface area (Å²) >= 11 is 1.62. The van der Waals surface area contributed by atoms with E-state index >= 15 is 0 Å². The molecule has 6 nitrogen and oxygen atoms in total. The van der Waals surface area contributed by atoms with Crippen LogP contribution in [0.15, 0.2) is 23.7 Å². The van der Waals surface area contributed by atoms with Crippen LogP contribution in [0.4, 0.5) is 0 Å². The zero-order chi connectivity index (χ0) is 16.7. The summed E-state index contributed by atoms with van der Waals surface area (Å²) in [4.78, 5) is 19.4. The number of ether oxygens (including phenoxy) is 2. The average Bonchev–Trinajstić information content (AvgIpc) is 3.27. The highest BCUT2D eigenvalue weighted by molar-refractivity contribution is 7.09. The molecule has 0 amide bonds. The summed E-state index contributed by atoms with van der Waals surface area (Å²) in [6.07, 6.45) is 0. The zero-order valence-corrected chi connectivity index (χ0v) is 14.1. The maximum atomic E-state index is 11.7. The normalized spacial score (nSPS) is 22.9. The highest BCUT2D eigenvalue weighted by Crippen LogP contribution is 2.39. The highest BCUT2D eigenvalue weighted by atomic mass is 32.1. The molecule has 1 aromatic carbocycles. The van der Waals surface area contributed by atoms with Gasteiger partial charge in [-0.15, -0.1) is 11.3 Å². The Morgan fingerprint density at radius 1 is 1.38 bits per heavy atom. The van der Waals surface area contributed by atoms with Gasteiger partial charge >= 0.3 is 5.97 Å². The number of carbonyl (C=O) groups is 1. The van der Waals surface area contributed by atoms with Gasteiger partial charge in [0.15, 0.2) is 11.5 Å². The van der Waals surface area contributed by atoms with Gasteiger partial charge in [0.2, 0.25) is 6.79 Å². The summed E-state index contributed by atoms with van der Waals surface area (Å²) in [5, 5.41) is 9.64. The van der Waals surface area contributed by atoms with Gasteiger partial charge in [-0.1, -0.05) is 6.07 Å². The second-order valence-electron chi connectivity index (χ2n) is 6.22. The van der Waals surface area contributed by atoms with Gasteiger partial charge in [0, 0.05) is 30.4 Å². The average molecular weight is 346 g/mol. The van der Waals surface area contributed by atoms with Crippen molar-refractivity contribution in [2.75, 3.05) is 19.9 Å². The number of benzene rings is 1. The number of nitrogens with zero attached hydrogens (tertiary/aromatic N) is 2.